The number of hydrogen-bond acceptors (Lipinski definition) is 3. The molecule has 0 bridgehead atoms. The van der Waals surface area contributed by atoms with Gasteiger partial charge in [-0.25, -0.2) is 0 Å². The molecule has 0 aromatic rings. The molecule has 0 radical (unpaired) electrons. The maximum Gasteiger partial charge on any atom is 0.631 e. The minimum absolute atomic E-state index is 0.171. The van der Waals surface area contributed by atoms with Crippen LogP contribution in [-0.2, 0) is 0 Å². The average molecular weight is 411 g/mol. The van der Waals surface area contributed by atoms with E-state index in [4.69, 9.17) is 15.1 Å². The molecule has 156 valence electrons. The Kier molecular flexibility index (Phi) is 39.0. The predicted octanol–water partition coefficient (Wildman–Crippen LogP) is 4.77. The van der Waals surface area contributed by atoms with Crippen molar-refractivity contribution >= 4 is 33.7 Å². The topological polar surface area (TPSA) is 60.7 Å². The Morgan fingerprint density at radius 1 is 0.400 bits per heavy atom. The van der Waals surface area contributed by atoms with Gasteiger partial charge in [-0.1, -0.05) is 117 Å². The molecule has 0 atom stereocenters. The van der Waals surface area contributed by atoms with Crippen LogP contribution in [0.3, 0.4) is 0 Å². The van der Waals surface area contributed by atoms with Crippen LogP contribution in [0, 0.1) is 0 Å². The van der Waals surface area contributed by atoms with Crippen LogP contribution in [0.1, 0.15) is 62.3 Å². The molecule has 0 aliphatic carbocycles. The van der Waals surface area contributed by atoms with Crippen LogP contribution in [0.4, 0.5) is 0 Å². The van der Waals surface area contributed by atoms with E-state index in [0.717, 1.165) is 0 Å². The Hall–Kier alpha value is 0.596. The van der Waals surface area contributed by atoms with Gasteiger partial charge in [-0.15, -0.1) is 0 Å². The van der Waals surface area contributed by atoms with E-state index in [0.29, 0.717) is 0 Å². The van der Waals surface area contributed by atoms with E-state index in [1.165, 1.54) is 54.4 Å². The van der Waals surface area contributed by atoms with Crippen molar-refractivity contribution in [3.8, 4) is 0 Å². The Labute approximate surface area is 165 Å². The Bertz CT molecular complexity index is 154. The second kappa shape index (κ2) is 29.4. The highest BCUT2D eigenvalue weighted by atomic mass is 28.3. The predicted molar refractivity (Wildman–Crippen MR) is 128 cm³/mol. The monoisotopic (exact) mass is 410 g/mol. The highest BCUT2D eigenvalue weighted by molar-refractivity contribution is 6.59. The molecular formula is C18H51BO3Si3. The molecule has 25 heavy (non-hydrogen) atoms. The van der Waals surface area contributed by atoms with E-state index in [1.54, 1.807) is 0 Å². The van der Waals surface area contributed by atoms with Gasteiger partial charge < -0.3 is 15.1 Å². The van der Waals surface area contributed by atoms with Crippen molar-refractivity contribution < 1.29 is 15.1 Å². The highest BCUT2D eigenvalue weighted by Crippen LogP contribution is 2.02. The quantitative estimate of drug-likeness (QED) is 0.480. The van der Waals surface area contributed by atoms with Crippen molar-refractivity contribution in [1.29, 1.82) is 0 Å². The van der Waals surface area contributed by atoms with Crippen molar-refractivity contribution in [3.05, 3.63) is 0 Å². The van der Waals surface area contributed by atoms with Crippen molar-refractivity contribution in [2.75, 3.05) is 0 Å². The standard InChI is InChI=1S/3C6H16Si.BH3O3/c3*1-4-7(5-2)6-3;2-1(3)4/h3*7H,4-6H2,1-3H3;2-4H. The maximum atomic E-state index is 7.17. The van der Waals surface area contributed by atoms with E-state index in [9.17, 15) is 0 Å². The van der Waals surface area contributed by atoms with Crippen molar-refractivity contribution in [2.24, 2.45) is 0 Å². The van der Waals surface area contributed by atoms with Gasteiger partial charge in [0.05, 0.1) is 0 Å². The summed E-state index contributed by atoms with van der Waals surface area (Å²) in [6, 6.07) is 13.4. The average Bonchev–Trinajstić information content (AvgIpc) is 2.60. The van der Waals surface area contributed by atoms with Gasteiger partial charge in [-0.05, 0) is 0 Å². The summed E-state index contributed by atoms with van der Waals surface area (Å²) in [4.78, 5) is 0. The van der Waals surface area contributed by atoms with Gasteiger partial charge in [-0.2, -0.15) is 0 Å². The van der Waals surface area contributed by atoms with E-state index < -0.39 is 7.32 Å². The zero-order chi connectivity index (χ0) is 20.7. The summed E-state index contributed by atoms with van der Waals surface area (Å²) in [5.41, 5.74) is 0. The Morgan fingerprint density at radius 2 is 0.480 bits per heavy atom. The Morgan fingerprint density at radius 3 is 0.480 bits per heavy atom. The van der Waals surface area contributed by atoms with E-state index in [1.807, 2.05) is 0 Å². The van der Waals surface area contributed by atoms with Gasteiger partial charge in [0.15, 0.2) is 0 Å². The van der Waals surface area contributed by atoms with Crippen molar-refractivity contribution in [2.45, 2.75) is 117 Å². The van der Waals surface area contributed by atoms with Gasteiger partial charge in [0.1, 0.15) is 0 Å². The van der Waals surface area contributed by atoms with Gasteiger partial charge in [-0.3, -0.25) is 0 Å². The van der Waals surface area contributed by atoms with E-state index in [2.05, 4.69) is 62.3 Å². The zero-order valence-electron chi connectivity index (χ0n) is 19.0. The molecule has 0 unspecified atom stereocenters. The summed E-state index contributed by atoms with van der Waals surface area (Å²) >= 11 is 0. The largest absolute Gasteiger partial charge is 0.631 e. The first kappa shape index (κ1) is 33.2. The molecule has 0 aromatic heterocycles. The molecule has 0 saturated heterocycles. The summed E-state index contributed by atoms with van der Waals surface area (Å²) in [7, 11) is -2.68. The van der Waals surface area contributed by atoms with Gasteiger partial charge in [0.2, 0.25) is 0 Å². The molecule has 3 N–H and O–H groups in total. The molecule has 3 nitrogen and oxygen atoms in total. The first-order valence-corrected chi connectivity index (χ1v) is 18.2. The number of rotatable bonds is 9. The summed E-state index contributed by atoms with van der Waals surface area (Å²) in [6.07, 6.45) is 0. The second-order valence-corrected chi connectivity index (χ2v) is 19.2. The van der Waals surface area contributed by atoms with Crippen LogP contribution < -0.4 is 0 Å². The molecule has 0 aliphatic heterocycles. The fraction of sp³-hybridized carbons (Fsp3) is 1.00. The lowest BCUT2D eigenvalue weighted by Crippen LogP contribution is -2.07. The fourth-order valence-electron chi connectivity index (χ4n) is 2.60. The minimum atomic E-state index is -2.17. The van der Waals surface area contributed by atoms with Crippen LogP contribution in [-0.4, -0.2) is 48.8 Å². The summed E-state index contributed by atoms with van der Waals surface area (Å²) in [5, 5.41) is 21.5. The summed E-state index contributed by atoms with van der Waals surface area (Å²) < 4.78 is 0. The molecule has 0 heterocycles. The lowest BCUT2D eigenvalue weighted by Gasteiger charge is -2.03. The third-order valence-corrected chi connectivity index (χ3v) is 15.6. The molecule has 0 rings (SSSR count). The SMILES string of the molecule is CC[SiH](CC)CC.CC[SiH](CC)CC.CC[SiH](CC)CC.OB(O)O. The molecule has 0 amide bonds. The third kappa shape index (κ3) is 36.3. The summed E-state index contributed by atoms with van der Waals surface area (Å²) in [5.74, 6) is 0. The summed E-state index contributed by atoms with van der Waals surface area (Å²) in [6.45, 7) is 20.9. The highest BCUT2D eigenvalue weighted by Gasteiger charge is 1.99. The van der Waals surface area contributed by atoms with Gasteiger partial charge in [0.25, 0.3) is 0 Å². The molecule has 7 heteroatoms. The normalized spacial score (nSPS) is 9.72. The zero-order valence-corrected chi connectivity index (χ0v) is 22.5. The van der Waals surface area contributed by atoms with Crippen LogP contribution in [0.5, 0.6) is 0 Å². The third-order valence-electron chi connectivity index (χ3n) is 5.20. The fourth-order valence-corrected chi connectivity index (χ4v) is 7.79. The van der Waals surface area contributed by atoms with Crippen LogP contribution >= 0.6 is 0 Å². The first-order chi connectivity index (χ1) is 11.8. The van der Waals surface area contributed by atoms with Gasteiger partial charge >= 0.3 is 7.32 Å². The lowest BCUT2D eigenvalue weighted by atomic mass is 10.3. The molecule has 0 fully saturated rings. The van der Waals surface area contributed by atoms with Crippen LogP contribution in [0.25, 0.3) is 0 Å². The minimum Gasteiger partial charge on any atom is -0.402 e. The molecule has 0 aromatic carbocycles. The molecule has 0 aliphatic rings. The first-order valence-electron chi connectivity index (χ1n) is 10.8. The molecule has 0 saturated carbocycles. The van der Waals surface area contributed by atoms with Crippen molar-refractivity contribution in [1.82, 2.24) is 0 Å². The lowest BCUT2D eigenvalue weighted by molar-refractivity contribution is 0.278. The van der Waals surface area contributed by atoms with E-state index >= 15 is 0 Å². The van der Waals surface area contributed by atoms with Crippen LogP contribution in [0.2, 0.25) is 54.4 Å². The Balaban J connectivity index is -0.000000120. The maximum absolute atomic E-state index is 7.17. The number of hydrogen-bond donors (Lipinski definition) is 3. The smallest absolute Gasteiger partial charge is 0.402 e. The molecular weight excluding hydrogens is 359 g/mol. The van der Waals surface area contributed by atoms with Crippen LogP contribution in [0.15, 0.2) is 0 Å². The van der Waals surface area contributed by atoms with Crippen molar-refractivity contribution in [3.63, 3.8) is 0 Å². The second-order valence-electron chi connectivity index (χ2n) is 6.62. The van der Waals surface area contributed by atoms with E-state index in [-0.39, 0.29) is 26.4 Å². The van der Waals surface area contributed by atoms with Gasteiger partial charge in [0, 0.05) is 26.4 Å². The molecule has 0 spiro atoms.